The van der Waals surface area contributed by atoms with E-state index in [0.29, 0.717) is 28.0 Å². The molecule has 0 radical (unpaired) electrons. The number of alkyl halides is 3. The van der Waals surface area contributed by atoms with Crippen LogP contribution in [-0.4, -0.2) is 41.7 Å². The van der Waals surface area contributed by atoms with Crippen LogP contribution in [0.1, 0.15) is 44.6 Å². The van der Waals surface area contributed by atoms with Gasteiger partial charge in [-0.15, -0.1) is 0 Å². The predicted octanol–water partition coefficient (Wildman–Crippen LogP) is 4.35. The van der Waals surface area contributed by atoms with Crippen LogP contribution in [0.5, 0.6) is 5.75 Å². The second-order valence-electron chi connectivity index (χ2n) is 8.49. The monoisotopic (exact) mass is 498 g/mol. The SMILES string of the molecule is COc1ccccc1CN1C(=O)c2ccccc2[C@@H](C(=O)NCC(F)(F)F)[C@@H]1c1ccc(CO)cc1. The molecular weight excluding hydrogens is 473 g/mol. The molecule has 2 amide bonds. The number of amides is 2. The number of benzene rings is 3. The molecule has 6 nitrogen and oxygen atoms in total. The summed E-state index contributed by atoms with van der Waals surface area (Å²) in [6.45, 7) is -1.62. The summed E-state index contributed by atoms with van der Waals surface area (Å²) in [5.74, 6) is -1.76. The van der Waals surface area contributed by atoms with Crippen LogP contribution >= 0.6 is 0 Å². The van der Waals surface area contributed by atoms with Crippen molar-refractivity contribution >= 4 is 11.8 Å². The Morgan fingerprint density at radius 3 is 2.36 bits per heavy atom. The van der Waals surface area contributed by atoms with E-state index < -0.39 is 30.6 Å². The number of rotatable bonds is 7. The molecule has 0 aromatic heterocycles. The number of methoxy groups -OCH3 is 1. The lowest BCUT2D eigenvalue weighted by Gasteiger charge is -2.42. The predicted molar refractivity (Wildman–Crippen MR) is 126 cm³/mol. The molecule has 4 rings (SSSR count). The van der Waals surface area contributed by atoms with Crippen LogP contribution in [0.25, 0.3) is 0 Å². The van der Waals surface area contributed by atoms with Crippen LogP contribution in [0.4, 0.5) is 13.2 Å². The second-order valence-corrected chi connectivity index (χ2v) is 8.49. The molecule has 0 aliphatic carbocycles. The Balaban J connectivity index is 1.86. The first-order chi connectivity index (χ1) is 17.2. The molecule has 0 spiro atoms. The van der Waals surface area contributed by atoms with Gasteiger partial charge in [0.25, 0.3) is 5.91 Å². The number of carbonyl (C=O) groups is 2. The highest BCUT2D eigenvalue weighted by Crippen LogP contribution is 2.44. The van der Waals surface area contributed by atoms with Gasteiger partial charge in [0, 0.05) is 11.1 Å². The number of fused-ring (bicyclic) bond motifs is 1. The lowest BCUT2D eigenvalue weighted by Crippen LogP contribution is -2.48. The molecule has 2 atom stereocenters. The molecule has 0 unspecified atom stereocenters. The Morgan fingerprint density at radius 2 is 1.69 bits per heavy atom. The molecule has 1 aliphatic rings. The van der Waals surface area contributed by atoms with E-state index in [9.17, 15) is 27.9 Å². The number of hydrogen-bond donors (Lipinski definition) is 2. The topological polar surface area (TPSA) is 78.9 Å². The van der Waals surface area contributed by atoms with Gasteiger partial charge in [-0.2, -0.15) is 13.2 Å². The Kier molecular flexibility index (Phi) is 7.30. The molecule has 0 fully saturated rings. The largest absolute Gasteiger partial charge is 0.496 e. The lowest BCUT2D eigenvalue weighted by molar-refractivity contribution is -0.140. The summed E-state index contributed by atoms with van der Waals surface area (Å²) in [6, 6.07) is 19.4. The van der Waals surface area contributed by atoms with Crippen molar-refractivity contribution in [3.8, 4) is 5.75 Å². The van der Waals surface area contributed by atoms with Gasteiger partial charge in [0.05, 0.1) is 32.2 Å². The Hall–Kier alpha value is -3.85. The summed E-state index contributed by atoms with van der Waals surface area (Å²) in [6.07, 6.45) is -4.59. The summed E-state index contributed by atoms with van der Waals surface area (Å²) in [4.78, 5) is 28.6. The van der Waals surface area contributed by atoms with E-state index in [4.69, 9.17) is 4.74 Å². The first kappa shape index (κ1) is 25.2. The van der Waals surface area contributed by atoms with Gasteiger partial charge in [0.1, 0.15) is 12.3 Å². The molecule has 0 saturated carbocycles. The van der Waals surface area contributed by atoms with Gasteiger partial charge in [0.15, 0.2) is 0 Å². The summed E-state index contributed by atoms with van der Waals surface area (Å²) in [5, 5.41) is 11.5. The molecule has 1 aliphatic heterocycles. The average molecular weight is 499 g/mol. The molecule has 36 heavy (non-hydrogen) atoms. The van der Waals surface area contributed by atoms with Gasteiger partial charge in [-0.1, -0.05) is 60.7 Å². The van der Waals surface area contributed by atoms with E-state index in [2.05, 4.69) is 0 Å². The van der Waals surface area contributed by atoms with Crippen LogP contribution in [0.3, 0.4) is 0 Å². The van der Waals surface area contributed by atoms with Crippen molar-refractivity contribution in [2.45, 2.75) is 31.3 Å². The Morgan fingerprint density at radius 1 is 1.03 bits per heavy atom. The van der Waals surface area contributed by atoms with Crippen LogP contribution in [0.15, 0.2) is 72.8 Å². The van der Waals surface area contributed by atoms with Crippen molar-refractivity contribution in [3.05, 3.63) is 101 Å². The van der Waals surface area contributed by atoms with Crippen molar-refractivity contribution in [2.24, 2.45) is 0 Å². The van der Waals surface area contributed by atoms with Crippen LogP contribution in [0, 0.1) is 0 Å². The minimum absolute atomic E-state index is 0.0622. The van der Waals surface area contributed by atoms with E-state index in [0.717, 1.165) is 0 Å². The number of ether oxygens (including phenoxy) is 1. The standard InChI is InChI=1S/C27H25F3N2O4/c1-36-22-9-5-2-6-19(22)14-32-24(18-12-10-17(15-33)11-13-18)23(25(34)31-16-27(28,29)30)20-7-3-4-8-21(20)26(32)35/h2-13,23-24,33H,14-16H2,1H3,(H,31,34)/t23-,24+/m1/s1. The maximum atomic E-state index is 13.7. The number of nitrogens with zero attached hydrogens (tertiary/aromatic N) is 1. The molecular formula is C27H25F3N2O4. The Labute approximate surface area is 206 Å². The number of para-hydroxylation sites is 1. The lowest BCUT2D eigenvalue weighted by atomic mass is 9.78. The maximum Gasteiger partial charge on any atom is 0.405 e. The highest BCUT2D eigenvalue weighted by Gasteiger charge is 2.45. The zero-order chi connectivity index (χ0) is 25.9. The summed E-state index contributed by atoms with van der Waals surface area (Å²) >= 11 is 0. The molecule has 9 heteroatoms. The van der Waals surface area contributed by atoms with E-state index in [-0.39, 0.29) is 24.6 Å². The molecule has 188 valence electrons. The molecule has 0 bridgehead atoms. The van der Waals surface area contributed by atoms with Crippen LogP contribution < -0.4 is 10.1 Å². The molecule has 2 N–H and O–H groups in total. The van der Waals surface area contributed by atoms with Crippen LogP contribution in [0.2, 0.25) is 0 Å². The summed E-state index contributed by atoms with van der Waals surface area (Å²) in [7, 11) is 1.50. The minimum Gasteiger partial charge on any atom is -0.496 e. The van der Waals surface area contributed by atoms with Crippen molar-refractivity contribution in [2.75, 3.05) is 13.7 Å². The fourth-order valence-electron chi connectivity index (χ4n) is 4.56. The Bertz CT molecular complexity index is 1240. The number of hydrogen-bond acceptors (Lipinski definition) is 4. The maximum absolute atomic E-state index is 13.7. The normalized spacial score (nSPS) is 17.5. The van der Waals surface area contributed by atoms with Crippen molar-refractivity contribution in [1.82, 2.24) is 10.2 Å². The zero-order valence-electron chi connectivity index (χ0n) is 19.5. The smallest absolute Gasteiger partial charge is 0.405 e. The van der Waals surface area contributed by atoms with E-state index in [1.54, 1.807) is 72.8 Å². The highest BCUT2D eigenvalue weighted by molar-refractivity contribution is 6.01. The minimum atomic E-state index is -4.59. The number of carbonyl (C=O) groups excluding carboxylic acids is 2. The van der Waals surface area contributed by atoms with Gasteiger partial charge in [0.2, 0.25) is 5.91 Å². The average Bonchev–Trinajstić information content (AvgIpc) is 2.88. The summed E-state index contributed by atoms with van der Waals surface area (Å²) in [5.41, 5.74) is 2.46. The van der Waals surface area contributed by atoms with Gasteiger partial charge in [-0.25, -0.2) is 0 Å². The van der Waals surface area contributed by atoms with Gasteiger partial charge in [-0.3, -0.25) is 9.59 Å². The first-order valence-electron chi connectivity index (χ1n) is 11.3. The van der Waals surface area contributed by atoms with Crippen molar-refractivity contribution in [3.63, 3.8) is 0 Å². The number of halogens is 3. The fourth-order valence-corrected chi connectivity index (χ4v) is 4.56. The van der Waals surface area contributed by atoms with Gasteiger partial charge in [-0.05, 0) is 28.8 Å². The molecule has 3 aromatic rings. The summed E-state index contributed by atoms with van der Waals surface area (Å²) < 4.78 is 44.4. The van der Waals surface area contributed by atoms with Crippen molar-refractivity contribution in [1.29, 1.82) is 0 Å². The molecule has 3 aromatic carbocycles. The van der Waals surface area contributed by atoms with Gasteiger partial charge < -0.3 is 20.1 Å². The van der Waals surface area contributed by atoms with Gasteiger partial charge >= 0.3 is 6.18 Å². The number of aliphatic hydroxyl groups is 1. The third-order valence-electron chi connectivity index (χ3n) is 6.22. The number of aliphatic hydroxyl groups excluding tert-OH is 1. The third-order valence-corrected chi connectivity index (χ3v) is 6.22. The van der Waals surface area contributed by atoms with E-state index in [1.165, 1.54) is 12.0 Å². The quantitative estimate of drug-likeness (QED) is 0.508. The van der Waals surface area contributed by atoms with Crippen LogP contribution in [-0.2, 0) is 17.9 Å². The highest BCUT2D eigenvalue weighted by atomic mass is 19.4. The van der Waals surface area contributed by atoms with E-state index >= 15 is 0 Å². The first-order valence-corrected chi connectivity index (χ1v) is 11.3. The van der Waals surface area contributed by atoms with Crippen molar-refractivity contribution < 1.29 is 32.6 Å². The second kappa shape index (κ2) is 10.4. The third kappa shape index (κ3) is 5.21. The fraction of sp³-hybridized carbons (Fsp3) is 0.259. The molecule has 1 heterocycles. The van der Waals surface area contributed by atoms with E-state index in [1.807, 2.05) is 5.32 Å². The zero-order valence-corrected chi connectivity index (χ0v) is 19.5. The number of nitrogens with one attached hydrogen (secondary N) is 1. The molecule has 0 saturated heterocycles.